The molecule has 1 heterocycles. The van der Waals surface area contributed by atoms with Crippen LogP contribution in [0.4, 0.5) is 0 Å². The average Bonchev–Trinajstić information content (AvgIpc) is 2.62. The molecule has 2 aromatic rings. The van der Waals surface area contributed by atoms with Gasteiger partial charge in [-0.15, -0.1) is 0 Å². The van der Waals surface area contributed by atoms with E-state index in [0.29, 0.717) is 0 Å². The second-order valence-corrected chi connectivity index (χ2v) is 3.87. The van der Waals surface area contributed by atoms with Crippen LogP contribution in [0.1, 0.15) is 11.1 Å². The third-order valence-electron chi connectivity index (χ3n) is 2.71. The molecule has 1 aromatic carbocycles. The van der Waals surface area contributed by atoms with E-state index in [2.05, 4.69) is 10.4 Å². The smallest absolute Gasteiger partial charge is 0.253 e. The van der Waals surface area contributed by atoms with Crippen molar-refractivity contribution in [2.75, 3.05) is 0 Å². The molecule has 0 aliphatic rings. The molecule has 5 heteroatoms. The van der Waals surface area contributed by atoms with E-state index in [4.69, 9.17) is 5.84 Å². The van der Waals surface area contributed by atoms with E-state index in [1.807, 2.05) is 26.0 Å². The van der Waals surface area contributed by atoms with E-state index in [0.717, 1.165) is 11.0 Å². The molecule has 84 valence electrons. The first-order chi connectivity index (χ1) is 7.61. The van der Waals surface area contributed by atoms with E-state index in [-0.39, 0.29) is 12.5 Å². The van der Waals surface area contributed by atoms with Crippen LogP contribution < -0.4 is 11.3 Å². The van der Waals surface area contributed by atoms with Crippen LogP contribution in [0.15, 0.2) is 18.5 Å². The summed E-state index contributed by atoms with van der Waals surface area (Å²) in [5.74, 6) is 4.82. The topological polar surface area (TPSA) is 72.9 Å². The predicted molar refractivity (Wildman–Crippen MR) is 61.5 cm³/mol. The van der Waals surface area contributed by atoms with Crippen molar-refractivity contribution in [3.05, 3.63) is 29.6 Å². The quantitative estimate of drug-likeness (QED) is 0.441. The van der Waals surface area contributed by atoms with Crippen LogP contribution in [0.25, 0.3) is 11.0 Å². The van der Waals surface area contributed by atoms with Crippen LogP contribution in [0.2, 0.25) is 0 Å². The Labute approximate surface area is 93.2 Å². The molecule has 0 saturated heterocycles. The third-order valence-corrected chi connectivity index (χ3v) is 2.71. The maximum absolute atomic E-state index is 11.2. The highest BCUT2D eigenvalue weighted by Crippen LogP contribution is 2.18. The number of rotatable bonds is 2. The molecule has 0 bridgehead atoms. The zero-order valence-electron chi connectivity index (χ0n) is 9.32. The third kappa shape index (κ3) is 1.77. The van der Waals surface area contributed by atoms with Crippen molar-refractivity contribution in [1.82, 2.24) is 15.0 Å². The molecule has 0 saturated carbocycles. The number of amides is 1. The van der Waals surface area contributed by atoms with Gasteiger partial charge in [0.2, 0.25) is 0 Å². The molecule has 0 spiro atoms. The minimum atomic E-state index is -0.238. The molecule has 2 rings (SSSR count). The van der Waals surface area contributed by atoms with Crippen molar-refractivity contribution in [1.29, 1.82) is 0 Å². The maximum Gasteiger partial charge on any atom is 0.253 e. The Morgan fingerprint density at radius 1 is 1.44 bits per heavy atom. The molecule has 3 N–H and O–H groups in total. The van der Waals surface area contributed by atoms with Crippen LogP contribution in [-0.2, 0) is 11.3 Å². The van der Waals surface area contributed by atoms with E-state index in [1.54, 1.807) is 10.9 Å². The minimum Gasteiger partial charge on any atom is -0.321 e. The SMILES string of the molecule is Cc1cc2ncn(CC(=O)NN)c2cc1C. The number of benzene rings is 1. The van der Waals surface area contributed by atoms with Gasteiger partial charge in [0.1, 0.15) is 6.54 Å². The number of carbonyl (C=O) groups excluding carboxylic acids is 1. The lowest BCUT2D eigenvalue weighted by molar-refractivity contribution is -0.121. The van der Waals surface area contributed by atoms with Crippen molar-refractivity contribution in [3.63, 3.8) is 0 Å². The Bertz CT molecular complexity index is 544. The van der Waals surface area contributed by atoms with Gasteiger partial charge in [-0.05, 0) is 37.1 Å². The average molecular weight is 218 g/mol. The van der Waals surface area contributed by atoms with Crippen molar-refractivity contribution < 1.29 is 4.79 Å². The first-order valence-corrected chi connectivity index (χ1v) is 5.03. The first kappa shape index (κ1) is 10.6. The van der Waals surface area contributed by atoms with Crippen LogP contribution in [0.5, 0.6) is 0 Å². The maximum atomic E-state index is 11.2. The van der Waals surface area contributed by atoms with E-state index >= 15 is 0 Å². The fourth-order valence-electron chi connectivity index (χ4n) is 1.64. The summed E-state index contributed by atoms with van der Waals surface area (Å²) in [5, 5.41) is 0. The lowest BCUT2D eigenvalue weighted by Crippen LogP contribution is -2.33. The summed E-state index contributed by atoms with van der Waals surface area (Å²) in [5.41, 5.74) is 6.33. The van der Waals surface area contributed by atoms with Gasteiger partial charge in [-0.3, -0.25) is 10.2 Å². The summed E-state index contributed by atoms with van der Waals surface area (Å²) >= 11 is 0. The van der Waals surface area contributed by atoms with Crippen LogP contribution in [-0.4, -0.2) is 15.5 Å². The number of aryl methyl sites for hydroxylation is 2. The molecule has 5 nitrogen and oxygen atoms in total. The van der Waals surface area contributed by atoms with Crippen molar-refractivity contribution in [3.8, 4) is 0 Å². The number of nitrogens with two attached hydrogens (primary N) is 1. The van der Waals surface area contributed by atoms with Crippen molar-refractivity contribution in [2.24, 2.45) is 5.84 Å². The zero-order valence-corrected chi connectivity index (χ0v) is 9.32. The van der Waals surface area contributed by atoms with Gasteiger partial charge in [-0.25, -0.2) is 10.8 Å². The lowest BCUT2D eigenvalue weighted by atomic mass is 10.1. The molecule has 0 radical (unpaired) electrons. The monoisotopic (exact) mass is 218 g/mol. The van der Waals surface area contributed by atoms with Gasteiger partial charge in [-0.1, -0.05) is 0 Å². The number of aromatic nitrogens is 2. The molecule has 16 heavy (non-hydrogen) atoms. The lowest BCUT2D eigenvalue weighted by Gasteiger charge is -2.04. The molecule has 0 aliphatic heterocycles. The number of fused-ring (bicyclic) bond motifs is 1. The van der Waals surface area contributed by atoms with Crippen LogP contribution >= 0.6 is 0 Å². The Hall–Kier alpha value is -1.88. The number of hydrazine groups is 1. The number of nitrogens with zero attached hydrogens (tertiary/aromatic N) is 2. The van der Waals surface area contributed by atoms with Crippen molar-refractivity contribution >= 4 is 16.9 Å². The summed E-state index contributed by atoms with van der Waals surface area (Å²) in [4.78, 5) is 15.4. The van der Waals surface area contributed by atoms with Crippen molar-refractivity contribution in [2.45, 2.75) is 20.4 Å². The summed E-state index contributed by atoms with van der Waals surface area (Å²) in [6, 6.07) is 4.04. The van der Waals surface area contributed by atoms with Gasteiger partial charge in [0, 0.05) is 0 Å². The van der Waals surface area contributed by atoms with Gasteiger partial charge in [0.25, 0.3) is 5.91 Å². The first-order valence-electron chi connectivity index (χ1n) is 5.03. The van der Waals surface area contributed by atoms with Crippen LogP contribution in [0.3, 0.4) is 0 Å². The fraction of sp³-hybridized carbons (Fsp3) is 0.273. The molecule has 0 fully saturated rings. The zero-order chi connectivity index (χ0) is 11.7. The summed E-state index contributed by atoms with van der Waals surface area (Å²) in [6.07, 6.45) is 1.65. The number of imidazole rings is 1. The Morgan fingerprint density at radius 3 is 2.81 bits per heavy atom. The number of hydrogen-bond acceptors (Lipinski definition) is 3. The number of carbonyl (C=O) groups is 1. The highest BCUT2D eigenvalue weighted by atomic mass is 16.2. The fourth-order valence-corrected chi connectivity index (χ4v) is 1.64. The molecular formula is C11H14N4O. The number of hydrogen-bond donors (Lipinski definition) is 2. The largest absolute Gasteiger partial charge is 0.321 e. The molecule has 1 aromatic heterocycles. The van der Waals surface area contributed by atoms with Crippen LogP contribution in [0, 0.1) is 13.8 Å². The van der Waals surface area contributed by atoms with Gasteiger partial charge in [-0.2, -0.15) is 0 Å². The second kappa shape index (κ2) is 3.94. The Balaban J connectivity index is 2.48. The Morgan fingerprint density at radius 2 is 2.12 bits per heavy atom. The highest BCUT2D eigenvalue weighted by Gasteiger charge is 2.07. The molecule has 0 aliphatic carbocycles. The summed E-state index contributed by atoms with van der Waals surface area (Å²) in [7, 11) is 0. The minimum absolute atomic E-state index is 0.190. The highest BCUT2D eigenvalue weighted by molar-refractivity contribution is 5.81. The normalized spacial score (nSPS) is 10.7. The molecular weight excluding hydrogens is 204 g/mol. The van der Waals surface area contributed by atoms with Gasteiger partial charge < -0.3 is 4.57 Å². The van der Waals surface area contributed by atoms with Gasteiger partial charge >= 0.3 is 0 Å². The summed E-state index contributed by atoms with van der Waals surface area (Å²) < 4.78 is 1.78. The van der Waals surface area contributed by atoms with E-state index in [1.165, 1.54) is 11.1 Å². The molecule has 1 amide bonds. The van der Waals surface area contributed by atoms with Gasteiger partial charge in [0.05, 0.1) is 17.4 Å². The standard InChI is InChI=1S/C11H14N4O/c1-7-3-9-10(4-8(7)2)15(6-13-9)5-11(16)14-12/h3-4,6H,5,12H2,1-2H3,(H,14,16). The number of nitrogens with one attached hydrogen (secondary N) is 1. The molecule has 0 atom stereocenters. The summed E-state index contributed by atoms with van der Waals surface area (Å²) in [6.45, 7) is 4.27. The second-order valence-electron chi connectivity index (χ2n) is 3.87. The van der Waals surface area contributed by atoms with E-state index < -0.39 is 0 Å². The predicted octanol–water partition coefficient (Wildman–Crippen LogP) is 0.643. The Kier molecular flexibility index (Phi) is 2.62. The van der Waals surface area contributed by atoms with E-state index in [9.17, 15) is 4.79 Å². The molecule has 0 unspecified atom stereocenters. The van der Waals surface area contributed by atoms with Gasteiger partial charge in [0.15, 0.2) is 0 Å².